The van der Waals surface area contributed by atoms with Crippen LogP contribution in [0, 0.1) is 0 Å². The lowest BCUT2D eigenvalue weighted by atomic mass is 9.67. The van der Waals surface area contributed by atoms with Crippen molar-refractivity contribution >= 4 is 59.5 Å². The van der Waals surface area contributed by atoms with Crippen LogP contribution >= 0.6 is 11.3 Å². The number of hydrogen-bond acceptors (Lipinski definition) is 3. The normalized spacial score (nSPS) is 12.7. The molecule has 0 aliphatic heterocycles. The quantitative estimate of drug-likeness (QED) is 0.160. The molecule has 0 unspecified atom stereocenters. The van der Waals surface area contributed by atoms with Gasteiger partial charge >= 0.3 is 0 Å². The van der Waals surface area contributed by atoms with Gasteiger partial charge in [0.1, 0.15) is 5.82 Å². The predicted octanol–water partition coefficient (Wildman–Crippen LogP) is 15.8. The molecule has 0 atom stereocenters. The summed E-state index contributed by atoms with van der Waals surface area (Å²) in [7, 11) is 0. The molecule has 11 aromatic rings. The lowest BCUT2D eigenvalue weighted by Gasteiger charge is -2.35. The number of benzene rings is 9. The predicted molar refractivity (Wildman–Crippen MR) is 257 cm³/mol. The average Bonchev–Trinajstić information content (AvgIpc) is 3.86. The zero-order chi connectivity index (χ0) is 40.3. The molecule has 0 spiro atoms. The van der Waals surface area contributed by atoms with E-state index in [-0.39, 0.29) is 0 Å². The summed E-state index contributed by atoms with van der Waals surface area (Å²) in [5.41, 5.74) is 13.7. The van der Waals surface area contributed by atoms with Crippen molar-refractivity contribution in [1.29, 1.82) is 0 Å². The van der Waals surface area contributed by atoms with E-state index < -0.39 is 5.41 Å². The van der Waals surface area contributed by atoms with Crippen LogP contribution in [0.3, 0.4) is 0 Å². The van der Waals surface area contributed by atoms with Gasteiger partial charge in [-0.2, -0.15) is 0 Å². The number of aromatic nitrogens is 1. The van der Waals surface area contributed by atoms with Crippen molar-refractivity contribution in [2.75, 3.05) is 4.90 Å². The van der Waals surface area contributed by atoms with E-state index >= 15 is 0 Å². The van der Waals surface area contributed by atoms with E-state index in [0.717, 1.165) is 28.3 Å². The molecule has 286 valence electrons. The Labute approximate surface area is 359 Å². The topological polar surface area (TPSA) is 16.1 Å². The van der Waals surface area contributed by atoms with Crippen molar-refractivity contribution in [3.8, 4) is 33.4 Å². The van der Waals surface area contributed by atoms with Gasteiger partial charge in [-0.05, 0) is 97.2 Å². The minimum atomic E-state index is -0.535. The van der Waals surface area contributed by atoms with E-state index in [1.165, 1.54) is 75.5 Å². The number of pyridine rings is 1. The molecule has 2 heterocycles. The van der Waals surface area contributed by atoms with E-state index in [4.69, 9.17) is 4.98 Å². The number of anilines is 3. The van der Waals surface area contributed by atoms with Crippen molar-refractivity contribution in [3.63, 3.8) is 0 Å². The third-order valence-electron chi connectivity index (χ3n) is 12.6. The molecule has 2 aromatic heterocycles. The maximum Gasteiger partial charge on any atom is 0.138 e. The van der Waals surface area contributed by atoms with Gasteiger partial charge in [-0.1, -0.05) is 188 Å². The SMILES string of the molecule is c1ccc(-c2ccc(N(c3cc4c(cn3)sc3ccc5ccccc5c34)c3cc4c(cc3-c3ccccc3)C(c3ccccc3)(c3ccccc3)c3ccccc3-4)cc2)cc1. The summed E-state index contributed by atoms with van der Waals surface area (Å²) in [6.07, 6.45) is 2.08. The van der Waals surface area contributed by atoms with Crippen molar-refractivity contribution in [2.24, 2.45) is 0 Å². The van der Waals surface area contributed by atoms with Gasteiger partial charge in [0, 0.05) is 32.9 Å². The molecule has 0 saturated carbocycles. The maximum atomic E-state index is 5.35. The molecule has 61 heavy (non-hydrogen) atoms. The smallest absolute Gasteiger partial charge is 0.138 e. The molecular formula is C58H38N2S. The Balaban J connectivity index is 1.17. The van der Waals surface area contributed by atoms with Crippen molar-refractivity contribution in [2.45, 2.75) is 5.41 Å². The minimum absolute atomic E-state index is 0.535. The minimum Gasteiger partial charge on any atom is -0.294 e. The molecule has 0 saturated heterocycles. The first-order valence-electron chi connectivity index (χ1n) is 20.9. The summed E-state index contributed by atoms with van der Waals surface area (Å²) < 4.78 is 2.44. The van der Waals surface area contributed by atoms with Gasteiger partial charge in [0.15, 0.2) is 0 Å². The van der Waals surface area contributed by atoms with Gasteiger partial charge in [-0.3, -0.25) is 4.90 Å². The molecule has 2 nitrogen and oxygen atoms in total. The van der Waals surface area contributed by atoms with Crippen LogP contribution in [0.4, 0.5) is 17.2 Å². The molecule has 0 fully saturated rings. The summed E-state index contributed by atoms with van der Waals surface area (Å²) in [6.45, 7) is 0. The van der Waals surface area contributed by atoms with Crippen molar-refractivity contribution in [3.05, 3.63) is 253 Å². The molecular weight excluding hydrogens is 757 g/mol. The molecule has 0 radical (unpaired) electrons. The molecule has 3 heteroatoms. The summed E-state index contributed by atoms with van der Waals surface area (Å²) >= 11 is 1.81. The fraction of sp³-hybridized carbons (Fsp3) is 0.0172. The zero-order valence-corrected chi connectivity index (χ0v) is 34.1. The van der Waals surface area contributed by atoms with E-state index in [2.05, 4.69) is 236 Å². The highest BCUT2D eigenvalue weighted by Crippen LogP contribution is 2.59. The lowest BCUT2D eigenvalue weighted by Crippen LogP contribution is -2.28. The summed E-state index contributed by atoms with van der Waals surface area (Å²) in [6, 6.07) is 82.1. The van der Waals surface area contributed by atoms with Gasteiger partial charge in [0.05, 0.1) is 15.8 Å². The monoisotopic (exact) mass is 794 g/mol. The number of fused-ring (bicyclic) bond motifs is 8. The van der Waals surface area contributed by atoms with E-state index in [0.29, 0.717) is 0 Å². The standard InChI is InChI=1S/C58H38N2S/c1-5-17-39(18-6-1)40-29-32-45(33-30-40)60(56-37-50-55(38-59-56)61-54-34-31-42-21-13-14-26-46(42)57(50)54)53-36-49-47-27-15-16-28-51(47)58(43-22-9-3-10-23-43,44-24-11-4-12-25-44)52(49)35-48(53)41-19-7-2-8-20-41/h1-38H. The Morgan fingerprint density at radius 2 is 1.02 bits per heavy atom. The largest absolute Gasteiger partial charge is 0.294 e. The van der Waals surface area contributed by atoms with E-state index in [1.807, 2.05) is 11.3 Å². The first kappa shape index (κ1) is 35.4. The number of hydrogen-bond donors (Lipinski definition) is 0. The fourth-order valence-electron chi connectivity index (χ4n) is 9.90. The van der Waals surface area contributed by atoms with Crippen molar-refractivity contribution < 1.29 is 0 Å². The summed E-state index contributed by atoms with van der Waals surface area (Å²) in [5.74, 6) is 0.869. The second-order valence-corrected chi connectivity index (χ2v) is 16.9. The van der Waals surface area contributed by atoms with Gasteiger partial charge in [0.25, 0.3) is 0 Å². The van der Waals surface area contributed by atoms with Crippen molar-refractivity contribution in [1.82, 2.24) is 4.98 Å². The van der Waals surface area contributed by atoms with Crippen LogP contribution in [0.2, 0.25) is 0 Å². The fourth-order valence-corrected chi connectivity index (χ4v) is 11.0. The second-order valence-electron chi connectivity index (χ2n) is 15.9. The lowest BCUT2D eigenvalue weighted by molar-refractivity contribution is 0.769. The Hall–Kier alpha value is -7.59. The molecule has 0 bridgehead atoms. The van der Waals surface area contributed by atoms with E-state index in [1.54, 1.807) is 0 Å². The number of rotatable bonds is 7. The number of thiophene rings is 1. The zero-order valence-electron chi connectivity index (χ0n) is 33.2. The first-order valence-corrected chi connectivity index (χ1v) is 21.7. The van der Waals surface area contributed by atoms with Crippen LogP contribution in [0.1, 0.15) is 22.3 Å². The molecule has 9 aromatic carbocycles. The summed E-state index contributed by atoms with van der Waals surface area (Å²) in [5, 5.41) is 5.00. The molecule has 12 rings (SSSR count). The molecule has 1 aliphatic carbocycles. The highest BCUT2D eigenvalue weighted by Gasteiger charge is 2.46. The maximum absolute atomic E-state index is 5.35. The Bertz CT molecular complexity index is 3350. The highest BCUT2D eigenvalue weighted by atomic mass is 32.1. The third kappa shape index (κ3) is 5.59. The van der Waals surface area contributed by atoms with Gasteiger partial charge < -0.3 is 0 Å². The van der Waals surface area contributed by atoms with Gasteiger partial charge in [-0.15, -0.1) is 11.3 Å². The number of nitrogens with zero attached hydrogens (tertiary/aromatic N) is 2. The van der Waals surface area contributed by atoms with Crippen LogP contribution in [-0.2, 0) is 5.41 Å². The Kier molecular flexibility index (Phi) is 8.29. The van der Waals surface area contributed by atoms with Gasteiger partial charge in [-0.25, -0.2) is 4.98 Å². The van der Waals surface area contributed by atoms with Crippen LogP contribution in [0.15, 0.2) is 231 Å². The Morgan fingerprint density at radius 1 is 0.410 bits per heavy atom. The first-order chi connectivity index (χ1) is 30.3. The average molecular weight is 795 g/mol. The van der Waals surface area contributed by atoms with Crippen LogP contribution in [0.5, 0.6) is 0 Å². The third-order valence-corrected chi connectivity index (χ3v) is 13.7. The molecule has 1 aliphatic rings. The summed E-state index contributed by atoms with van der Waals surface area (Å²) in [4.78, 5) is 7.74. The van der Waals surface area contributed by atoms with Crippen LogP contribution in [0.25, 0.3) is 64.3 Å². The van der Waals surface area contributed by atoms with E-state index in [9.17, 15) is 0 Å². The highest BCUT2D eigenvalue weighted by molar-refractivity contribution is 7.26. The van der Waals surface area contributed by atoms with Crippen LogP contribution in [-0.4, -0.2) is 4.98 Å². The van der Waals surface area contributed by atoms with Crippen LogP contribution < -0.4 is 4.90 Å². The Morgan fingerprint density at radius 3 is 1.74 bits per heavy atom. The van der Waals surface area contributed by atoms with Gasteiger partial charge in [0.2, 0.25) is 0 Å². The second kappa shape index (κ2) is 14.3. The molecule has 0 N–H and O–H groups in total. The molecule has 0 amide bonds.